The Hall–Kier alpha value is -2.79. The Bertz CT molecular complexity index is 889. The fourth-order valence-electron chi connectivity index (χ4n) is 3.41. The standard InChI is InChI=1S/C23H29N3O2/c1-17(7-5-6-10-23(28)26-19-8-3-2-4-9-19)24-14-13-18-16-25-22-12-11-20(27)15-21(18)22/h2-4,8-9,11-12,15-17,24-25,27H,5-7,10,13-14H2,1H3,(H,26,28). The Morgan fingerprint density at radius 3 is 2.79 bits per heavy atom. The van der Waals surface area contributed by atoms with Crippen molar-refractivity contribution in [1.82, 2.24) is 10.3 Å². The number of amides is 1. The molecule has 0 aliphatic carbocycles. The van der Waals surface area contributed by atoms with Crippen LogP contribution >= 0.6 is 0 Å². The minimum atomic E-state index is 0.0781. The molecule has 0 radical (unpaired) electrons. The van der Waals surface area contributed by atoms with Gasteiger partial charge >= 0.3 is 0 Å². The molecule has 2 aromatic carbocycles. The summed E-state index contributed by atoms with van der Waals surface area (Å²) in [7, 11) is 0. The minimum Gasteiger partial charge on any atom is -0.508 e. The van der Waals surface area contributed by atoms with Crippen LogP contribution in [0.4, 0.5) is 5.69 Å². The maximum absolute atomic E-state index is 11.9. The van der Waals surface area contributed by atoms with Gasteiger partial charge < -0.3 is 20.7 Å². The number of aromatic hydroxyl groups is 1. The summed E-state index contributed by atoms with van der Waals surface area (Å²) in [5.74, 6) is 0.375. The number of carbonyl (C=O) groups excluding carboxylic acids is 1. The van der Waals surface area contributed by atoms with Crippen molar-refractivity contribution in [3.05, 3.63) is 60.3 Å². The van der Waals surface area contributed by atoms with Crippen molar-refractivity contribution in [3.63, 3.8) is 0 Å². The lowest BCUT2D eigenvalue weighted by molar-refractivity contribution is -0.116. The van der Waals surface area contributed by atoms with Crippen LogP contribution in [0, 0.1) is 0 Å². The first-order chi connectivity index (χ1) is 13.6. The molecule has 0 saturated carbocycles. The Labute approximate surface area is 166 Å². The number of rotatable bonds is 10. The van der Waals surface area contributed by atoms with Gasteiger partial charge in [0.05, 0.1) is 0 Å². The summed E-state index contributed by atoms with van der Waals surface area (Å²) in [4.78, 5) is 15.2. The van der Waals surface area contributed by atoms with Gasteiger partial charge in [-0.25, -0.2) is 0 Å². The van der Waals surface area contributed by atoms with Gasteiger partial charge in [-0.2, -0.15) is 0 Å². The van der Waals surface area contributed by atoms with E-state index in [1.54, 1.807) is 6.07 Å². The average molecular weight is 380 g/mol. The molecule has 0 bridgehead atoms. The van der Waals surface area contributed by atoms with Gasteiger partial charge in [-0.1, -0.05) is 24.6 Å². The number of para-hydroxylation sites is 1. The molecule has 28 heavy (non-hydrogen) atoms. The molecule has 1 heterocycles. The molecule has 1 amide bonds. The summed E-state index contributed by atoms with van der Waals surface area (Å²) >= 11 is 0. The predicted octanol–water partition coefficient (Wildman–Crippen LogP) is 4.59. The highest BCUT2D eigenvalue weighted by Gasteiger charge is 2.07. The first kappa shape index (κ1) is 20.0. The largest absolute Gasteiger partial charge is 0.508 e. The monoisotopic (exact) mass is 379 g/mol. The predicted molar refractivity (Wildman–Crippen MR) is 115 cm³/mol. The Morgan fingerprint density at radius 1 is 1.14 bits per heavy atom. The molecule has 5 nitrogen and oxygen atoms in total. The summed E-state index contributed by atoms with van der Waals surface area (Å²) in [6.07, 6.45) is 6.45. The zero-order valence-electron chi connectivity index (χ0n) is 16.4. The number of hydrogen-bond acceptors (Lipinski definition) is 3. The topological polar surface area (TPSA) is 77.2 Å². The number of aromatic nitrogens is 1. The first-order valence-electron chi connectivity index (χ1n) is 9.99. The Kier molecular flexibility index (Phi) is 7.09. The van der Waals surface area contributed by atoms with Crippen molar-refractivity contribution in [1.29, 1.82) is 0 Å². The molecule has 0 aliphatic heterocycles. The van der Waals surface area contributed by atoms with E-state index < -0.39 is 0 Å². The average Bonchev–Trinajstić information content (AvgIpc) is 3.08. The third kappa shape index (κ3) is 5.86. The molecule has 0 saturated heterocycles. The molecule has 1 aromatic heterocycles. The molecule has 3 rings (SSSR count). The van der Waals surface area contributed by atoms with Gasteiger partial charge in [0, 0.05) is 35.2 Å². The van der Waals surface area contributed by atoms with Gasteiger partial charge in [0.2, 0.25) is 5.91 Å². The number of carbonyl (C=O) groups is 1. The Balaban J connectivity index is 1.31. The second-order valence-electron chi connectivity index (χ2n) is 7.31. The van der Waals surface area contributed by atoms with E-state index in [0.29, 0.717) is 18.2 Å². The number of fused-ring (bicyclic) bond motifs is 1. The molecule has 148 valence electrons. The number of H-pyrrole nitrogens is 1. The van der Waals surface area contributed by atoms with Crippen LogP contribution in [0.3, 0.4) is 0 Å². The van der Waals surface area contributed by atoms with Gasteiger partial charge in [0.1, 0.15) is 5.75 Å². The van der Waals surface area contributed by atoms with E-state index in [-0.39, 0.29) is 5.91 Å². The van der Waals surface area contributed by atoms with Crippen LogP contribution in [0.25, 0.3) is 10.9 Å². The number of unbranched alkanes of at least 4 members (excludes halogenated alkanes) is 1. The summed E-state index contributed by atoms with van der Waals surface area (Å²) < 4.78 is 0. The lowest BCUT2D eigenvalue weighted by Crippen LogP contribution is -2.28. The number of benzene rings is 2. The van der Waals surface area contributed by atoms with Crippen LogP contribution in [-0.2, 0) is 11.2 Å². The molecule has 1 unspecified atom stereocenters. The molecular formula is C23H29N3O2. The molecule has 0 fully saturated rings. The summed E-state index contributed by atoms with van der Waals surface area (Å²) in [6, 6.07) is 15.4. The van der Waals surface area contributed by atoms with Gasteiger partial charge in [0.15, 0.2) is 0 Å². The highest BCUT2D eigenvalue weighted by Crippen LogP contribution is 2.23. The van der Waals surface area contributed by atoms with E-state index in [0.717, 1.165) is 48.8 Å². The molecule has 1 atom stereocenters. The smallest absolute Gasteiger partial charge is 0.224 e. The highest BCUT2D eigenvalue weighted by molar-refractivity contribution is 5.90. The summed E-state index contributed by atoms with van der Waals surface area (Å²) in [5, 5.41) is 17.2. The molecular weight excluding hydrogens is 350 g/mol. The van der Waals surface area contributed by atoms with E-state index in [1.165, 1.54) is 5.56 Å². The number of aromatic amines is 1. The van der Waals surface area contributed by atoms with Crippen LogP contribution in [0.15, 0.2) is 54.7 Å². The summed E-state index contributed by atoms with van der Waals surface area (Å²) in [6.45, 7) is 3.07. The van der Waals surface area contributed by atoms with Crippen molar-refractivity contribution < 1.29 is 9.90 Å². The minimum absolute atomic E-state index is 0.0781. The molecule has 3 aromatic rings. The number of phenols is 1. The van der Waals surface area contributed by atoms with Gasteiger partial charge in [-0.15, -0.1) is 0 Å². The van der Waals surface area contributed by atoms with E-state index in [4.69, 9.17) is 0 Å². The van der Waals surface area contributed by atoms with Gasteiger partial charge in [-0.3, -0.25) is 4.79 Å². The molecule has 0 aliphatic rings. The second-order valence-corrected chi connectivity index (χ2v) is 7.31. The second kappa shape index (κ2) is 9.95. The van der Waals surface area contributed by atoms with Crippen LogP contribution < -0.4 is 10.6 Å². The van der Waals surface area contributed by atoms with Crippen molar-refractivity contribution in [3.8, 4) is 5.75 Å². The Morgan fingerprint density at radius 2 is 1.96 bits per heavy atom. The molecule has 0 spiro atoms. The zero-order valence-corrected chi connectivity index (χ0v) is 16.4. The van der Waals surface area contributed by atoms with E-state index >= 15 is 0 Å². The lowest BCUT2D eigenvalue weighted by Gasteiger charge is -2.13. The maximum Gasteiger partial charge on any atom is 0.224 e. The zero-order chi connectivity index (χ0) is 19.8. The third-order valence-electron chi connectivity index (χ3n) is 4.99. The van der Waals surface area contributed by atoms with Crippen LogP contribution in [0.2, 0.25) is 0 Å². The number of nitrogens with one attached hydrogen (secondary N) is 3. The number of phenolic OH excluding ortho intramolecular Hbond substituents is 1. The fourth-order valence-corrected chi connectivity index (χ4v) is 3.41. The van der Waals surface area contributed by atoms with E-state index in [2.05, 4.69) is 22.5 Å². The van der Waals surface area contributed by atoms with Crippen molar-refractivity contribution in [2.75, 3.05) is 11.9 Å². The molecule has 5 heteroatoms. The van der Waals surface area contributed by atoms with E-state index in [9.17, 15) is 9.90 Å². The van der Waals surface area contributed by atoms with Gasteiger partial charge in [0.25, 0.3) is 0 Å². The first-order valence-corrected chi connectivity index (χ1v) is 9.99. The number of anilines is 1. The van der Waals surface area contributed by atoms with Crippen LogP contribution in [-0.4, -0.2) is 28.6 Å². The van der Waals surface area contributed by atoms with Crippen LogP contribution in [0.5, 0.6) is 5.75 Å². The number of hydrogen-bond donors (Lipinski definition) is 4. The van der Waals surface area contributed by atoms with Crippen molar-refractivity contribution in [2.24, 2.45) is 0 Å². The van der Waals surface area contributed by atoms with Gasteiger partial charge in [-0.05, 0) is 68.6 Å². The van der Waals surface area contributed by atoms with Crippen molar-refractivity contribution in [2.45, 2.75) is 45.1 Å². The molecule has 4 N–H and O–H groups in total. The normalized spacial score (nSPS) is 12.2. The highest BCUT2D eigenvalue weighted by atomic mass is 16.3. The maximum atomic E-state index is 11.9. The lowest BCUT2D eigenvalue weighted by atomic mass is 10.1. The summed E-state index contributed by atoms with van der Waals surface area (Å²) in [5.41, 5.74) is 3.12. The van der Waals surface area contributed by atoms with E-state index in [1.807, 2.05) is 48.7 Å². The SMILES string of the molecule is CC(CCCCC(=O)Nc1ccccc1)NCCc1c[nH]c2ccc(O)cc12. The quantitative estimate of drug-likeness (QED) is 0.389. The van der Waals surface area contributed by atoms with Crippen LogP contribution in [0.1, 0.15) is 38.2 Å². The third-order valence-corrected chi connectivity index (χ3v) is 4.99. The fraction of sp³-hybridized carbons (Fsp3) is 0.348. The van der Waals surface area contributed by atoms with Crippen molar-refractivity contribution >= 4 is 22.5 Å².